The Morgan fingerprint density at radius 1 is 0.543 bits per heavy atom. The van der Waals surface area contributed by atoms with E-state index in [1.165, 1.54) is 7.11 Å². The molecule has 0 bridgehead atoms. The summed E-state index contributed by atoms with van der Waals surface area (Å²) in [6.07, 6.45) is 1.74. The normalized spacial score (nSPS) is 11.9. The molecule has 6 rings (SSSR count). The standard InChI is InChI=1S/C52H66N4O14/c1-50(2,3)68-47(58)53-19-13-23-64-35-17-16-32(27-37(35)61-10)42-43-34-29-39(63-12)41(66-25-15-21-55-49(60)70-52(7,8)9)30-36(34)67-46(57)45(43)56-22-18-31-26-40(38(62-11)28-33(31)44(42)56)65-24-14-20-54-48(59)69-51(4,5)6/h16-18,22,26-30H,13-15,19-21,23-25H2,1-12H3,(H,53,58)(H,54,59)(H,55,60). The van der Waals surface area contributed by atoms with Gasteiger partial charge in [0.15, 0.2) is 34.5 Å². The SMILES string of the molecule is COc1cc(-c2c3c4cc(OC)c(OCCCNC(=O)OC(C)(C)C)cc4oc(=O)c3n3ccc4cc(OCCCNC(=O)OC(C)(C)C)c(OC)cc4c23)ccc1OCCCNC(=O)OC(C)(C)C. The molecule has 3 N–H and O–H groups in total. The second-order valence-corrected chi connectivity index (χ2v) is 19.4. The van der Waals surface area contributed by atoms with Gasteiger partial charge in [-0.05, 0) is 129 Å². The number of rotatable bonds is 19. The van der Waals surface area contributed by atoms with Crippen molar-refractivity contribution >= 4 is 56.4 Å². The third-order valence-corrected chi connectivity index (χ3v) is 10.3. The van der Waals surface area contributed by atoms with Gasteiger partial charge in [0.1, 0.15) is 27.9 Å². The fraction of sp³-hybridized carbons (Fsp3) is 0.462. The first-order chi connectivity index (χ1) is 33.1. The lowest BCUT2D eigenvalue weighted by Crippen LogP contribution is -2.33. The van der Waals surface area contributed by atoms with Crippen LogP contribution in [0.3, 0.4) is 0 Å². The van der Waals surface area contributed by atoms with E-state index in [1.54, 1.807) is 94.7 Å². The number of fused-ring (bicyclic) bond motifs is 7. The van der Waals surface area contributed by atoms with Gasteiger partial charge in [-0.25, -0.2) is 19.2 Å². The van der Waals surface area contributed by atoms with Crippen molar-refractivity contribution in [2.45, 2.75) is 98.4 Å². The lowest BCUT2D eigenvalue weighted by molar-refractivity contribution is 0.0513. The summed E-state index contributed by atoms with van der Waals surface area (Å²) in [4.78, 5) is 50.9. The quantitative estimate of drug-likeness (QED) is 0.0393. The highest BCUT2D eigenvalue weighted by Gasteiger charge is 2.26. The topological polar surface area (TPSA) is 205 Å². The number of hydrogen-bond acceptors (Lipinski definition) is 14. The predicted molar refractivity (Wildman–Crippen MR) is 267 cm³/mol. The summed E-state index contributed by atoms with van der Waals surface area (Å²) in [5.41, 5.74) is 0.113. The van der Waals surface area contributed by atoms with E-state index in [-0.39, 0.29) is 30.9 Å². The number of carbonyl (C=O) groups excluding carboxylic acids is 3. The van der Waals surface area contributed by atoms with Crippen LogP contribution in [0.15, 0.2) is 63.9 Å². The van der Waals surface area contributed by atoms with Crippen LogP contribution in [0.5, 0.6) is 34.5 Å². The van der Waals surface area contributed by atoms with Crippen LogP contribution >= 0.6 is 0 Å². The molecule has 0 aliphatic rings. The van der Waals surface area contributed by atoms with Gasteiger partial charge in [-0.2, -0.15) is 0 Å². The molecule has 0 aliphatic heterocycles. The molecule has 3 aromatic heterocycles. The van der Waals surface area contributed by atoms with E-state index < -0.39 is 40.7 Å². The number of alkyl carbamates (subject to hydrolysis) is 3. The van der Waals surface area contributed by atoms with Crippen molar-refractivity contribution in [3.63, 3.8) is 0 Å². The minimum atomic E-state index is -0.626. The monoisotopic (exact) mass is 970 g/mol. The number of carbonyl (C=O) groups is 3. The van der Waals surface area contributed by atoms with E-state index >= 15 is 0 Å². The van der Waals surface area contributed by atoms with Crippen LogP contribution in [0.1, 0.15) is 81.6 Å². The van der Waals surface area contributed by atoms with Crippen molar-refractivity contribution < 1.29 is 61.4 Å². The summed E-state index contributed by atoms with van der Waals surface area (Å²) in [6, 6.07) is 14.6. The first-order valence-electron chi connectivity index (χ1n) is 23.2. The number of methoxy groups -OCH3 is 3. The average Bonchev–Trinajstić information content (AvgIpc) is 3.63. The van der Waals surface area contributed by atoms with Gasteiger partial charge in [0.25, 0.3) is 0 Å². The van der Waals surface area contributed by atoms with Gasteiger partial charge in [0.2, 0.25) is 0 Å². The second kappa shape index (κ2) is 22.0. The van der Waals surface area contributed by atoms with Gasteiger partial charge >= 0.3 is 23.9 Å². The molecule has 0 aliphatic carbocycles. The Hall–Kier alpha value is -7.24. The maximum Gasteiger partial charge on any atom is 0.407 e. The molecular formula is C52H66N4O14. The number of amides is 3. The molecule has 0 spiro atoms. The van der Waals surface area contributed by atoms with Crippen molar-refractivity contribution in [3.05, 3.63) is 65.1 Å². The van der Waals surface area contributed by atoms with E-state index in [4.69, 9.17) is 47.0 Å². The number of nitrogens with zero attached hydrogens (tertiary/aromatic N) is 1. The molecule has 3 aromatic carbocycles. The molecule has 70 heavy (non-hydrogen) atoms. The van der Waals surface area contributed by atoms with Crippen molar-refractivity contribution in [3.8, 4) is 45.6 Å². The Labute approximate surface area is 407 Å². The number of ether oxygens (including phenoxy) is 9. The van der Waals surface area contributed by atoms with E-state index in [1.807, 2.05) is 40.9 Å². The summed E-state index contributed by atoms with van der Waals surface area (Å²) in [6.45, 7) is 17.9. The van der Waals surface area contributed by atoms with Crippen molar-refractivity contribution in [1.29, 1.82) is 0 Å². The van der Waals surface area contributed by atoms with Crippen LogP contribution < -0.4 is 50.0 Å². The molecule has 18 heteroatoms. The van der Waals surface area contributed by atoms with Crippen LogP contribution in [0.4, 0.5) is 14.4 Å². The molecule has 0 unspecified atom stereocenters. The van der Waals surface area contributed by atoms with E-state index in [9.17, 15) is 19.2 Å². The molecule has 18 nitrogen and oxygen atoms in total. The molecule has 3 heterocycles. The smallest absolute Gasteiger partial charge is 0.407 e. The molecule has 6 aromatic rings. The Morgan fingerprint density at radius 2 is 1.00 bits per heavy atom. The first kappa shape index (κ1) is 52.1. The van der Waals surface area contributed by atoms with Crippen LogP contribution in [-0.4, -0.2) is 100 Å². The largest absolute Gasteiger partial charge is 0.493 e. The van der Waals surface area contributed by atoms with Gasteiger partial charge in [-0.3, -0.25) is 0 Å². The van der Waals surface area contributed by atoms with Crippen molar-refractivity contribution in [2.75, 3.05) is 60.8 Å². The van der Waals surface area contributed by atoms with Crippen LogP contribution in [0.25, 0.3) is 49.3 Å². The van der Waals surface area contributed by atoms with Crippen molar-refractivity contribution in [2.24, 2.45) is 0 Å². The second-order valence-electron chi connectivity index (χ2n) is 19.4. The minimum Gasteiger partial charge on any atom is -0.493 e. The van der Waals surface area contributed by atoms with Gasteiger partial charge < -0.3 is 67.4 Å². The van der Waals surface area contributed by atoms with Crippen molar-refractivity contribution in [1.82, 2.24) is 20.4 Å². The third-order valence-electron chi connectivity index (χ3n) is 10.3. The minimum absolute atomic E-state index is 0.211. The highest BCUT2D eigenvalue weighted by Crippen LogP contribution is 2.46. The molecule has 378 valence electrons. The van der Waals surface area contributed by atoms with Crippen LogP contribution in [0.2, 0.25) is 0 Å². The zero-order valence-electron chi connectivity index (χ0n) is 42.2. The molecule has 0 radical (unpaired) electrons. The Bertz CT molecular complexity index is 2900. The van der Waals surface area contributed by atoms with Crippen LogP contribution in [0, 0.1) is 0 Å². The maximum atomic E-state index is 14.4. The van der Waals surface area contributed by atoms with E-state index in [2.05, 4.69) is 16.0 Å². The van der Waals surface area contributed by atoms with Crippen LogP contribution in [-0.2, 0) is 14.2 Å². The molecule has 0 saturated heterocycles. The summed E-state index contributed by atoms with van der Waals surface area (Å²) in [5, 5.41) is 10.9. The fourth-order valence-electron chi connectivity index (χ4n) is 7.55. The molecule has 0 fully saturated rings. The molecule has 0 saturated carbocycles. The molecular weight excluding hydrogens is 905 g/mol. The summed E-state index contributed by atoms with van der Waals surface area (Å²) in [7, 11) is 4.63. The number of pyridine rings is 1. The van der Waals surface area contributed by atoms with E-state index in [0.29, 0.717) is 101 Å². The Kier molecular flexibility index (Phi) is 16.4. The average molecular weight is 971 g/mol. The number of nitrogens with one attached hydrogen (secondary N) is 3. The predicted octanol–water partition coefficient (Wildman–Crippen LogP) is 9.93. The maximum absolute atomic E-state index is 14.4. The van der Waals surface area contributed by atoms with Gasteiger partial charge in [0, 0.05) is 53.6 Å². The fourth-order valence-corrected chi connectivity index (χ4v) is 7.55. The number of hydrogen-bond donors (Lipinski definition) is 3. The summed E-state index contributed by atoms with van der Waals surface area (Å²) < 4.78 is 60.1. The molecule has 0 atom stereocenters. The highest BCUT2D eigenvalue weighted by molar-refractivity contribution is 6.22. The lowest BCUT2D eigenvalue weighted by atomic mass is 9.97. The Balaban J connectivity index is 1.40. The number of aromatic nitrogens is 1. The van der Waals surface area contributed by atoms with Gasteiger partial charge in [-0.15, -0.1) is 0 Å². The zero-order valence-corrected chi connectivity index (χ0v) is 42.2. The highest BCUT2D eigenvalue weighted by atomic mass is 16.6. The van der Waals surface area contributed by atoms with E-state index in [0.717, 1.165) is 10.8 Å². The first-order valence-corrected chi connectivity index (χ1v) is 23.2. The van der Waals surface area contributed by atoms with Gasteiger partial charge in [-0.1, -0.05) is 6.07 Å². The Morgan fingerprint density at radius 3 is 1.49 bits per heavy atom. The summed E-state index contributed by atoms with van der Waals surface area (Å²) in [5.74, 6) is 2.57. The molecule has 3 amide bonds. The lowest BCUT2D eigenvalue weighted by Gasteiger charge is -2.19. The third kappa shape index (κ3) is 13.3. The van der Waals surface area contributed by atoms with Gasteiger partial charge in [0.05, 0.1) is 46.7 Å². The zero-order chi connectivity index (χ0) is 51.0. The summed E-state index contributed by atoms with van der Waals surface area (Å²) >= 11 is 0. The number of benzene rings is 3.